The van der Waals surface area contributed by atoms with Gasteiger partial charge in [0.25, 0.3) is 0 Å². The van der Waals surface area contributed by atoms with E-state index in [1.807, 2.05) is 13.8 Å². The summed E-state index contributed by atoms with van der Waals surface area (Å²) in [4.78, 5) is 46.4. The van der Waals surface area contributed by atoms with E-state index in [9.17, 15) is 19.8 Å². The normalized spacial score (nSPS) is 8.93. The van der Waals surface area contributed by atoms with Crippen molar-refractivity contribution >= 4 is 29.8 Å². The van der Waals surface area contributed by atoms with Crippen LogP contribution in [0.2, 0.25) is 0 Å². The molecule has 0 rings (SSSR count). The van der Waals surface area contributed by atoms with Gasteiger partial charge in [0, 0.05) is 10.8 Å². The average Bonchev–Trinajstić information content (AvgIpc) is 3.01. The molecular formula is C29H47O16-5. The van der Waals surface area contributed by atoms with Crippen molar-refractivity contribution in [3.05, 3.63) is 62.3 Å². The Hall–Kier alpha value is -4.19. The number of hydrogen-bond donors (Lipinski definition) is 6. The highest BCUT2D eigenvalue weighted by Crippen LogP contribution is 2.18. The van der Waals surface area contributed by atoms with E-state index in [1.54, 1.807) is 0 Å². The minimum absolute atomic E-state index is 0.0648. The third kappa shape index (κ3) is 49.8. The third-order valence-corrected chi connectivity index (χ3v) is 4.71. The first-order chi connectivity index (χ1) is 20.6. The maximum absolute atomic E-state index is 9.49. The van der Waals surface area contributed by atoms with Gasteiger partial charge in [-0.1, -0.05) is 46.7 Å². The van der Waals surface area contributed by atoms with Crippen LogP contribution in [0, 0.1) is 10.8 Å². The first-order valence-electron chi connectivity index (χ1n) is 12.5. The molecule has 0 amide bonds. The van der Waals surface area contributed by atoms with Gasteiger partial charge in [-0.2, -0.15) is 0 Å². The van der Waals surface area contributed by atoms with Gasteiger partial charge in [-0.25, -0.2) is 0 Å². The first-order valence-corrected chi connectivity index (χ1v) is 12.5. The molecule has 0 saturated carbocycles. The van der Waals surface area contributed by atoms with Crippen LogP contribution in [0.4, 0.5) is 0 Å². The van der Waals surface area contributed by atoms with Crippen LogP contribution < -0.4 is 25.5 Å². The Bertz CT molecular complexity index is 724. The summed E-state index contributed by atoms with van der Waals surface area (Å²) in [5.41, 5.74) is -1.20. The second-order valence-corrected chi connectivity index (χ2v) is 8.36. The smallest absolute Gasteiger partial charge is 0.0666 e. The Morgan fingerprint density at radius 3 is 0.622 bits per heavy atom. The van der Waals surface area contributed by atoms with Crippen LogP contribution in [0.25, 0.3) is 0 Å². The molecule has 0 aliphatic heterocycles. The minimum atomic E-state index is -1.23. The van der Waals surface area contributed by atoms with Crippen molar-refractivity contribution in [1.82, 2.24) is 0 Å². The van der Waals surface area contributed by atoms with E-state index in [4.69, 9.17) is 60.3 Å². The lowest BCUT2D eigenvalue weighted by Gasteiger charge is -2.24. The number of aliphatic hydroxyl groups excluding tert-OH is 6. The zero-order valence-corrected chi connectivity index (χ0v) is 26.2. The van der Waals surface area contributed by atoms with E-state index in [0.717, 1.165) is 18.2 Å². The molecule has 6 N–H and O–H groups in total. The van der Waals surface area contributed by atoms with E-state index < -0.39 is 40.7 Å². The summed E-state index contributed by atoms with van der Waals surface area (Å²) in [7, 11) is 0. The van der Waals surface area contributed by atoms with Crippen LogP contribution in [-0.4, -0.2) is 100 Å². The Labute approximate surface area is 263 Å². The van der Waals surface area contributed by atoms with Crippen molar-refractivity contribution in [3.63, 3.8) is 0 Å². The molecule has 0 aliphatic rings. The van der Waals surface area contributed by atoms with Crippen LogP contribution >= 0.6 is 0 Å². The Balaban J connectivity index is -0.0000000761. The number of hydrogen-bond acceptors (Lipinski definition) is 16. The van der Waals surface area contributed by atoms with Crippen molar-refractivity contribution in [3.8, 4) is 0 Å². The van der Waals surface area contributed by atoms with E-state index in [0.29, 0.717) is 12.8 Å². The van der Waals surface area contributed by atoms with Gasteiger partial charge in [0.1, 0.15) is 0 Å². The molecule has 0 aromatic carbocycles. The van der Waals surface area contributed by atoms with Gasteiger partial charge < -0.3 is 80.1 Å². The zero-order valence-electron chi connectivity index (χ0n) is 26.2. The summed E-state index contributed by atoms with van der Waals surface area (Å²) in [5.74, 6) is -6.06. The summed E-state index contributed by atoms with van der Waals surface area (Å²) in [5, 5.41) is 98.3. The molecule has 0 heterocycles. The molecule has 16 nitrogen and oxygen atoms in total. The largest absolute Gasteiger partial charge is 0.545 e. The highest BCUT2D eigenvalue weighted by molar-refractivity contribution is 5.83. The number of aliphatic carboxylic acids is 5. The number of carbonyl (C=O) groups excluding carboxylic acids is 5. The molecule has 0 spiro atoms. The minimum Gasteiger partial charge on any atom is -0.545 e. The lowest BCUT2D eigenvalue weighted by atomic mass is 9.88. The fraction of sp³-hybridized carbons (Fsp3) is 0.483. The van der Waals surface area contributed by atoms with Crippen molar-refractivity contribution in [1.29, 1.82) is 0 Å². The first kappa shape index (κ1) is 56.6. The predicted octanol–water partition coefficient (Wildman–Crippen LogP) is -5.89. The van der Waals surface area contributed by atoms with Gasteiger partial charge in [0.15, 0.2) is 0 Å². The molecule has 0 radical (unpaired) electrons. The maximum Gasteiger partial charge on any atom is 0.0666 e. The van der Waals surface area contributed by atoms with Gasteiger partial charge in [0.05, 0.1) is 69.5 Å². The Kier molecular flexibility index (Phi) is 47.6. The second kappa shape index (κ2) is 37.8. The standard InChI is InChI=1S/2C6H14O3.2C4H6O2.3C3H4O2/c2*1-2-6(3-7,4-8)5-9;2*1-3(2)4(5)6;3*1-2-3(4)5/h2*7-9H,2-5H2,1H3;2*1H2,2H3,(H,5,6);3*2H,1H2,(H,4,5)/p-5. The van der Waals surface area contributed by atoms with Crippen LogP contribution in [-0.2, 0) is 24.0 Å². The molecule has 0 saturated heterocycles. The molecule has 0 bridgehead atoms. The summed E-state index contributed by atoms with van der Waals surface area (Å²) in [6.07, 6.45) is 3.35. The number of rotatable bonds is 13. The molecule has 264 valence electrons. The van der Waals surface area contributed by atoms with Gasteiger partial charge in [-0.05, 0) is 56.1 Å². The van der Waals surface area contributed by atoms with Crippen LogP contribution in [0.15, 0.2) is 62.3 Å². The van der Waals surface area contributed by atoms with Crippen molar-refractivity contribution in [2.75, 3.05) is 39.6 Å². The lowest BCUT2D eigenvalue weighted by molar-refractivity contribution is -0.300. The molecule has 0 fully saturated rings. The number of carboxylic acid groups (broad SMARTS) is 5. The molecule has 0 atom stereocenters. The van der Waals surface area contributed by atoms with Crippen LogP contribution in [0.1, 0.15) is 40.5 Å². The number of carbonyl (C=O) groups is 5. The van der Waals surface area contributed by atoms with Crippen LogP contribution in [0.3, 0.4) is 0 Å². The predicted molar refractivity (Wildman–Crippen MR) is 153 cm³/mol. The molecule has 16 heteroatoms. The molecule has 0 aliphatic carbocycles. The van der Waals surface area contributed by atoms with Crippen molar-refractivity contribution < 1.29 is 80.1 Å². The summed E-state index contributed by atoms with van der Waals surface area (Å²) >= 11 is 0. The molecular weight excluding hydrogens is 604 g/mol. The summed E-state index contributed by atoms with van der Waals surface area (Å²) in [6.45, 7) is 20.4. The summed E-state index contributed by atoms with van der Waals surface area (Å²) < 4.78 is 0. The van der Waals surface area contributed by atoms with E-state index in [1.165, 1.54) is 13.8 Å². The second-order valence-electron chi connectivity index (χ2n) is 8.36. The number of carboxylic acids is 5. The Morgan fingerprint density at radius 1 is 0.511 bits per heavy atom. The fourth-order valence-corrected chi connectivity index (χ4v) is 0.971. The summed E-state index contributed by atoms with van der Waals surface area (Å²) in [6, 6.07) is 0. The average molecular weight is 652 g/mol. The van der Waals surface area contributed by atoms with Gasteiger partial charge >= 0.3 is 0 Å². The maximum atomic E-state index is 9.49. The quantitative estimate of drug-likeness (QED) is 0.101. The third-order valence-electron chi connectivity index (χ3n) is 4.71. The highest BCUT2D eigenvalue weighted by atomic mass is 16.4. The zero-order chi connectivity index (χ0) is 37.8. The van der Waals surface area contributed by atoms with Gasteiger partial charge in [0.2, 0.25) is 0 Å². The van der Waals surface area contributed by atoms with E-state index in [2.05, 4.69) is 32.9 Å². The molecule has 0 aromatic rings. The Morgan fingerprint density at radius 2 is 0.622 bits per heavy atom. The topological polar surface area (TPSA) is 322 Å². The van der Waals surface area contributed by atoms with Gasteiger partial charge in [-0.15, -0.1) is 0 Å². The fourth-order valence-electron chi connectivity index (χ4n) is 0.971. The van der Waals surface area contributed by atoms with Crippen molar-refractivity contribution in [2.45, 2.75) is 40.5 Å². The molecule has 0 unspecified atom stereocenters. The van der Waals surface area contributed by atoms with Crippen LogP contribution in [0.5, 0.6) is 0 Å². The molecule has 45 heavy (non-hydrogen) atoms. The van der Waals surface area contributed by atoms with Gasteiger partial charge in [-0.3, -0.25) is 0 Å². The van der Waals surface area contributed by atoms with E-state index in [-0.39, 0.29) is 50.8 Å². The highest BCUT2D eigenvalue weighted by Gasteiger charge is 2.25. The SMILES string of the molecule is C=C(C)C(=O)[O-].C=C(C)C(=O)[O-].C=CC(=O)[O-].C=CC(=O)[O-].C=CC(=O)[O-].CCC(CO)(CO)CO.CCC(CO)(CO)CO. The number of aliphatic hydroxyl groups is 6. The van der Waals surface area contributed by atoms with E-state index >= 15 is 0 Å². The van der Waals surface area contributed by atoms with Crippen molar-refractivity contribution in [2.24, 2.45) is 10.8 Å². The monoisotopic (exact) mass is 651 g/mol. The molecule has 0 aromatic heterocycles. The lowest BCUT2D eigenvalue weighted by Crippen LogP contribution is -2.32.